The van der Waals surface area contributed by atoms with Gasteiger partial charge in [0.15, 0.2) is 8.32 Å². The molecule has 1 atom stereocenters. The summed E-state index contributed by atoms with van der Waals surface area (Å²) >= 11 is 0. The summed E-state index contributed by atoms with van der Waals surface area (Å²) in [5.74, 6) is 0. The third kappa shape index (κ3) is 1.59. The van der Waals surface area contributed by atoms with E-state index in [1.165, 1.54) is 19.2 Å². The van der Waals surface area contributed by atoms with Crippen LogP contribution in [0.3, 0.4) is 0 Å². The lowest BCUT2D eigenvalue weighted by Crippen LogP contribution is -2.30. The molecule has 0 aromatic heterocycles. The van der Waals surface area contributed by atoms with Gasteiger partial charge in [0.25, 0.3) is 6.92 Å². The maximum atomic E-state index is 6.35. The van der Waals surface area contributed by atoms with Crippen LogP contribution in [0.15, 0.2) is 0 Å². The van der Waals surface area contributed by atoms with E-state index in [0.717, 1.165) is 5.54 Å². The topological polar surface area (TPSA) is 9.23 Å². The van der Waals surface area contributed by atoms with E-state index in [4.69, 9.17) is 4.34 Å². The highest BCUT2D eigenvalue weighted by atomic mass is 28.4. The zero-order valence-electron chi connectivity index (χ0n) is 10.7. The van der Waals surface area contributed by atoms with Crippen LogP contribution in [0.5, 0.6) is 0 Å². The fraction of sp³-hybridized carbons (Fsp3) is 1.00. The van der Waals surface area contributed by atoms with Gasteiger partial charge < -0.3 is 4.34 Å². The van der Waals surface area contributed by atoms with Gasteiger partial charge in [-0.05, 0) is 23.9 Å². The third-order valence-electron chi connectivity index (χ3n) is 4.68. The molecule has 0 bridgehead atoms. The van der Waals surface area contributed by atoms with Crippen molar-refractivity contribution in [2.75, 3.05) is 0 Å². The quantitative estimate of drug-likeness (QED) is 0.637. The van der Waals surface area contributed by atoms with Gasteiger partial charge in [-0.15, -0.1) is 0 Å². The fourth-order valence-corrected chi connectivity index (χ4v) is 6.68. The Kier molecular flexibility index (Phi) is 3.53. The van der Waals surface area contributed by atoms with Gasteiger partial charge in [-0.2, -0.15) is 0 Å². The molecule has 1 fully saturated rings. The van der Waals surface area contributed by atoms with Crippen molar-refractivity contribution in [1.29, 1.82) is 0 Å². The summed E-state index contributed by atoms with van der Waals surface area (Å²) in [6.45, 7) is 14.7. The van der Waals surface area contributed by atoms with E-state index >= 15 is 0 Å². The minimum atomic E-state index is -1.40. The molecule has 1 rings (SSSR count). The molecular weight excluding hydrogens is 187 g/mol. The molecule has 0 spiro atoms. The summed E-state index contributed by atoms with van der Waals surface area (Å²) in [4.78, 5) is 0. The van der Waals surface area contributed by atoms with Gasteiger partial charge in [0.1, 0.15) is 0 Å². The van der Waals surface area contributed by atoms with E-state index in [9.17, 15) is 0 Å². The van der Waals surface area contributed by atoms with Crippen molar-refractivity contribution in [2.24, 2.45) is 0 Å². The van der Waals surface area contributed by atoms with E-state index in [0.29, 0.717) is 12.2 Å². The Bertz CT molecular complexity index is 201. The summed E-state index contributed by atoms with van der Waals surface area (Å²) < 4.78 is 6.35. The lowest BCUT2D eigenvalue weighted by atomic mass is 9.41. The second kappa shape index (κ2) is 4.01. The molecule has 1 heterocycles. The number of hydrogen-bond donors (Lipinski definition) is 0. The van der Waals surface area contributed by atoms with Crippen LogP contribution in [0, 0.1) is 0 Å². The Balaban J connectivity index is 3.01. The second-order valence-electron chi connectivity index (χ2n) is 5.28. The normalized spacial score (nSPS) is 29.6. The second-order valence-corrected chi connectivity index (χ2v) is 9.59. The largest absolute Gasteiger partial charge is 0.476 e. The maximum absolute atomic E-state index is 6.35. The Morgan fingerprint density at radius 1 is 1.21 bits per heavy atom. The van der Waals surface area contributed by atoms with E-state index in [-0.39, 0.29) is 0 Å². The average Bonchev–Trinajstić information content (AvgIpc) is 2.36. The van der Waals surface area contributed by atoms with Crippen molar-refractivity contribution in [3.8, 4) is 0 Å². The third-order valence-corrected chi connectivity index (χ3v) is 8.23. The van der Waals surface area contributed by atoms with Crippen LogP contribution in [0.2, 0.25) is 30.3 Å². The lowest BCUT2D eigenvalue weighted by Gasteiger charge is -2.35. The van der Waals surface area contributed by atoms with Gasteiger partial charge in [0.2, 0.25) is 0 Å². The van der Waals surface area contributed by atoms with Crippen LogP contribution in [0.4, 0.5) is 0 Å². The Labute approximate surface area is 90.9 Å². The van der Waals surface area contributed by atoms with Crippen LogP contribution in [-0.2, 0) is 4.34 Å². The molecule has 0 N–H and O–H groups in total. The molecule has 3 heteroatoms. The first-order valence-electron chi connectivity index (χ1n) is 6.12. The smallest absolute Gasteiger partial charge is 0.286 e. The predicted octanol–water partition coefficient (Wildman–Crippen LogP) is 4.18. The van der Waals surface area contributed by atoms with Crippen molar-refractivity contribution >= 4 is 15.2 Å². The highest BCUT2D eigenvalue weighted by Gasteiger charge is 2.57. The Morgan fingerprint density at radius 3 is 2.00 bits per heavy atom. The van der Waals surface area contributed by atoms with Gasteiger partial charge >= 0.3 is 0 Å². The molecule has 1 unspecified atom stereocenters. The van der Waals surface area contributed by atoms with Gasteiger partial charge in [-0.1, -0.05) is 46.9 Å². The summed E-state index contributed by atoms with van der Waals surface area (Å²) in [6.07, 6.45) is 3.74. The van der Waals surface area contributed by atoms with Gasteiger partial charge in [-0.3, -0.25) is 0 Å². The fourth-order valence-electron chi connectivity index (χ4n) is 3.36. The molecule has 0 amide bonds. The summed E-state index contributed by atoms with van der Waals surface area (Å²) in [5, 5.41) is 0.477. The van der Waals surface area contributed by atoms with E-state index in [1.54, 1.807) is 0 Å². The first-order valence-corrected chi connectivity index (χ1v) is 9.11. The van der Waals surface area contributed by atoms with Gasteiger partial charge in [0, 0.05) is 0 Å². The molecule has 0 aromatic carbocycles. The van der Waals surface area contributed by atoms with Gasteiger partial charge in [0.05, 0.1) is 0 Å². The molecular formula is C11H25BOSi. The van der Waals surface area contributed by atoms with E-state index in [2.05, 4.69) is 40.8 Å². The van der Waals surface area contributed by atoms with Crippen molar-refractivity contribution in [2.45, 2.75) is 70.8 Å². The monoisotopic (exact) mass is 212 g/mol. The summed E-state index contributed by atoms with van der Waals surface area (Å²) in [6, 6.07) is 0. The van der Waals surface area contributed by atoms with Gasteiger partial charge in [-0.25, -0.2) is 0 Å². The van der Waals surface area contributed by atoms with Crippen LogP contribution < -0.4 is 0 Å². The van der Waals surface area contributed by atoms with E-state index in [1.807, 2.05) is 0 Å². The molecule has 14 heavy (non-hydrogen) atoms. The summed E-state index contributed by atoms with van der Waals surface area (Å²) in [7, 11) is -1.40. The highest BCUT2D eigenvalue weighted by molar-refractivity contribution is 6.85. The molecule has 82 valence electrons. The SMILES string of the molecule is CCB1O[Si](C)(C)C(C)C1(CC)CC. The van der Waals surface area contributed by atoms with Crippen molar-refractivity contribution in [3.05, 3.63) is 0 Å². The zero-order valence-corrected chi connectivity index (χ0v) is 11.7. The molecule has 0 radical (unpaired) electrons. The van der Waals surface area contributed by atoms with E-state index < -0.39 is 8.32 Å². The standard InChI is InChI=1S/C11H25BOSi/c1-7-11(8-2)10(4)14(5,6)13-12(11)9-3/h10H,7-9H2,1-6H3. The van der Waals surface area contributed by atoms with Crippen LogP contribution in [-0.4, -0.2) is 15.2 Å². The molecule has 0 aromatic rings. The number of rotatable bonds is 3. The molecule has 0 saturated carbocycles. The Morgan fingerprint density at radius 2 is 1.71 bits per heavy atom. The lowest BCUT2D eigenvalue weighted by molar-refractivity contribution is 0.479. The molecule has 1 saturated heterocycles. The Hall–Kier alpha value is 0.242. The average molecular weight is 212 g/mol. The minimum Gasteiger partial charge on any atom is -0.476 e. The van der Waals surface area contributed by atoms with Crippen molar-refractivity contribution in [1.82, 2.24) is 0 Å². The summed E-state index contributed by atoms with van der Waals surface area (Å²) in [5.41, 5.74) is 0.801. The van der Waals surface area contributed by atoms with Crippen molar-refractivity contribution in [3.63, 3.8) is 0 Å². The minimum absolute atomic E-state index is 0.477. The first-order chi connectivity index (χ1) is 6.44. The molecule has 1 aliphatic heterocycles. The van der Waals surface area contributed by atoms with Crippen LogP contribution in [0.25, 0.3) is 0 Å². The van der Waals surface area contributed by atoms with Crippen LogP contribution >= 0.6 is 0 Å². The molecule has 0 aliphatic carbocycles. The number of hydrogen-bond acceptors (Lipinski definition) is 1. The van der Waals surface area contributed by atoms with Crippen LogP contribution in [0.1, 0.15) is 40.5 Å². The predicted molar refractivity (Wildman–Crippen MR) is 67.5 cm³/mol. The molecule has 1 nitrogen and oxygen atoms in total. The first kappa shape index (κ1) is 12.3. The highest BCUT2D eigenvalue weighted by Crippen LogP contribution is 2.60. The van der Waals surface area contributed by atoms with Crippen molar-refractivity contribution < 1.29 is 4.34 Å². The molecule has 1 aliphatic rings. The maximum Gasteiger partial charge on any atom is 0.286 e. The zero-order chi connectivity index (χ0) is 11.0.